The maximum absolute atomic E-state index is 11.1. The summed E-state index contributed by atoms with van der Waals surface area (Å²) in [7, 11) is 1.91. The van der Waals surface area contributed by atoms with Crippen LogP contribution >= 0.6 is 0 Å². The first kappa shape index (κ1) is 11.8. The molecule has 1 unspecified atom stereocenters. The van der Waals surface area contributed by atoms with Crippen molar-refractivity contribution in [3.8, 4) is 0 Å². The van der Waals surface area contributed by atoms with Gasteiger partial charge in [-0.1, -0.05) is 0 Å². The number of rotatable bonds is 3. The summed E-state index contributed by atoms with van der Waals surface area (Å²) in [5, 5.41) is 14.3. The van der Waals surface area contributed by atoms with E-state index in [4.69, 9.17) is 0 Å². The maximum atomic E-state index is 11.1. The van der Waals surface area contributed by atoms with Crippen molar-refractivity contribution in [2.45, 2.75) is 19.4 Å². The third-order valence-corrected chi connectivity index (χ3v) is 3.19. The molecule has 6 nitrogen and oxygen atoms in total. The molecule has 6 heteroatoms. The van der Waals surface area contributed by atoms with Crippen molar-refractivity contribution >= 4 is 11.5 Å². The van der Waals surface area contributed by atoms with Crippen LogP contribution < -0.4 is 10.2 Å². The quantitative estimate of drug-likeness (QED) is 0.628. The van der Waals surface area contributed by atoms with Gasteiger partial charge in [0.15, 0.2) is 0 Å². The summed E-state index contributed by atoms with van der Waals surface area (Å²) in [5.41, 5.74) is 0.789. The fourth-order valence-corrected chi connectivity index (χ4v) is 2.18. The van der Waals surface area contributed by atoms with Crippen LogP contribution in [0.25, 0.3) is 0 Å². The van der Waals surface area contributed by atoms with Gasteiger partial charge < -0.3 is 10.2 Å². The molecule has 0 aliphatic carbocycles. The van der Waals surface area contributed by atoms with Gasteiger partial charge in [0.05, 0.1) is 4.92 Å². The number of nitro groups is 1. The summed E-state index contributed by atoms with van der Waals surface area (Å²) in [6.07, 6.45) is 2.62. The Labute approximate surface area is 99.8 Å². The van der Waals surface area contributed by atoms with Crippen LogP contribution in [0, 0.1) is 17.0 Å². The number of aromatic nitrogens is 1. The molecule has 0 radical (unpaired) electrons. The predicted molar refractivity (Wildman–Crippen MR) is 65.3 cm³/mol. The van der Waals surface area contributed by atoms with Gasteiger partial charge in [0, 0.05) is 30.9 Å². The monoisotopic (exact) mass is 236 g/mol. The van der Waals surface area contributed by atoms with Crippen LogP contribution in [0.15, 0.2) is 12.3 Å². The Morgan fingerprint density at radius 3 is 3.00 bits per heavy atom. The van der Waals surface area contributed by atoms with E-state index in [2.05, 4.69) is 10.3 Å². The minimum atomic E-state index is -0.343. The number of anilines is 1. The highest BCUT2D eigenvalue weighted by atomic mass is 16.6. The summed E-state index contributed by atoms with van der Waals surface area (Å²) in [6.45, 7) is 3.32. The standard InChI is InChI=1S/C11H16N4O2/c1-8-3-5-13-11(10(8)15(16)17)14-6-4-9(7-14)12-2/h3,5,9,12H,4,6-7H2,1-2H3. The van der Waals surface area contributed by atoms with Gasteiger partial charge in [0.25, 0.3) is 0 Å². The topological polar surface area (TPSA) is 71.3 Å². The molecular formula is C11H16N4O2. The number of hydrogen-bond donors (Lipinski definition) is 1. The molecule has 1 aliphatic heterocycles. The summed E-state index contributed by atoms with van der Waals surface area (Å²) >= 11 is 0. The highest BCUT2D eigenvalue weighted by Crippen LogP contribution is 2.30. The van der Waals surface area contributed by atoms with Crippen LogP contribution in [-0.4, -0.2) is 36.1 Å². The molecule has 1 saturated heterocycles. The largest absolute Gasteiger partial charge is 0.349 e. The van der Waals surface area contributed by atoms with Crippen molar-refractivity contribution in [1.82, 2.24) is 10.3 Å². The second-order valence-corrected chi connectivity index (χ2v) is 4.28. The second-order valence-electron chi connectivity index (χ2n) is 4.28. The number of hydrogen-bond acceptors (Lipinski definition) is 5. The lowest BCUT2D eigenvalue weighted by Crippen LogP contribution is -2.30. The Morgan fingerprint density at radius 2 is 2.41 bits per heavy atom. The molecule has 1 atom stereocenters. The first-order valence-electron chi connectivity index (χ1n) is 5.65. The highest BCUT2D eigenvalue weighted by molar-refractivity contribution is 5.62. The number of likely N-dealkylation sites (N-methyl/N-ethyl adjacent to an activating group) is 1. The predicted octanol–water partition coefficient (Wildman–Crippen LogP) is 1.10. The molecule has 0 spiro atoms. The number of aryl methyl sites for hydroxylation is 1. The molecule has 1 aromatic heterocycles. The first-order chi connectivity index (χ1) is 8.13. The van der Waals surface area contributed by atoms with Crippen molar-refractivity contribution in [2.24, 2.45) is 0 Å². The van der Waals surface area contributed by atoms with E-state index in [9.17, 15) is 10.1 Å². The number of nitrogens with one attached hydrogen (secondary N) is 1. The smallest absolute Gasteiger partial charge is 0.314 e. The SMILES string of the molecule is CNC1CCN(c2nccc(C)c2[N+](=O)[O-])C1. The van der Waals surface area contributed by atoms with Gasteiger partial charge in [-0.2, -0.15) is 0 Å². The van der Waals surface area contributed by atoms with Gasteiger partial charge in [0.1, 0.15) is 0 Å². The summed E-state index contributed by atoms with van der Waals surface area (Å²) in [4.78, 5) is 16.9. The minimum Gasteiger partial charge on any atom is -0.349 e. The van der Waals surface area contributed by atoms with Gasteiger partial charge >= 0.3 is 5.69 Å². The Kier molecular flexibility index (Phi) is 3.23. The summed E-state index contributed by atoms with van der Waals surface area (Å²) in [6, 6.07) is 2.06. The van der Waals surface area contributed by atoms with Crippen LogP contribution in [0.3, 0.4) is 0 Å². The molecule has 1 N–H and O–H groups in total. The average molecular weight is 236 g/mol. The Bertz CT molecular complexity index is 435. The van der Waals surface area contributed by atoms with Crippen LogP contribution in [0.4, 0.5) is 11.5 Å². The van der Waals surface area contributed by atoms with Crippen molar-refractivity contribution in [3.05, 3.63) is 27.9 Å². The minimum absolute atomic E-state index is 0.129. The van der Waals surface area contributed by atoms with E-state index in [1.807, 2.05) is 11.9 Å². The zero-order chi connectivity index (χ0) is 12.4. The molecule has 0 amide bonds. The highest BCUT2D eigenvalue weighted by Gasteiger charge is 2.29. The normalized spacial score (nSPS) is 19.6. The fraction of sp³-hybridized carbons (Fsp3) is 0.545. The zero-order valence-corrected chi connectivity index (χ0v) is 10.0. The lowest BCUT2D eigenvalue weighted by molar-refractivity contribution is -0.384. The third kappa shape index (κ3) is 2.21. The molecule has 1 aromatic rings. The molecule has 0 saturated carbocycles. The van der Waals surface area contributed by atoms with Gasteiger partial charge in [-0.05, 0) is 26.5 Å². The van der Waals surface area contributed by atoms with Gasteiger partial charge in [0.2, 0.25) is 5.82 Å². The van der Waals surface area contributed by atoms with E-state index in [1.165, 1.54) is 0 Å². The van der Waals surface area contributed by atoms with E-state index in [1.54, 1.807) is 19.2 Å². The summed E-state index contributed by atoms with van der Waals surface area (Å²) < 4.78 is 0. The molecule has 2 rings (SSSR count). The lowest BCUT2D eigenvalue weighted by atomic mass is 10.2. The van der Waals surface area contributed by atoms with E-state index in [0.29, 0.717) is 17.4 Å². The van der Waals surface area contributed by atoms with Gasteiger partial charge in [-0.25, -0.2) is 4.98 Å². The maximum Gasteiger partial charge on any atom is 0.314 e. The average Bonchev–Trinajstić information content (AvgIpc) is 2.76. The van der Waals surface area contributed by atoms with Crippen LogP contribution in [0.5, 0.6) is 0 Å². The van der Waals surface area contributed by atoms with E-state index in [0.717, 1.165) is 19.5 Å². The van der Waals surface area contributed by atoms with E-state index in [-0.39, 0.29) is 10.6 Å². The zero-order valence-electron chi connectivity index (χ0n) is 10.0. The molecule has 1 fully saturated rings. The van der Waals surface area contributed by atoms with Gasteiger partial charge in [-0.3, -0.25) is 10.1 Å². The van der Waals surface area contributed by atoms with Crippen molar-refractivity contribution in [2.75, 3.05) is 25.0 Å². The van der Waals surface area contributed by atoms with Crippen molar-refractivity contribution in [1.29, 1.82) is 0 Å². The Balaban J connectivity index is 2.33. The Hall–Kier alpha value is -1.69. The number of nitrogens with zero attached hydrogens (tertiary/aromatic N) is 3. The van der Waals surface area contributed by atoms with Crippen LogP contribution in [-0.2, 0) is 0 Å². The molecule has 92 valence electrons. The van der Waals surface area contributed by atoms with Crippen molar-refractivity contribution < 1.29 is 4.92 Å². The molecule has 1 aliphatic rings. The fourth-order valence-electron chi connectivity index (χ4n) is 2.18. The van der Waals surface area contributed by atoms with E-state index < -0.39 is 0 Å². The molecule has 17 heavy (non-hydrogen) atoms. The third-order valence-electron chi connectivity index (χ3n) is 3.19. The Morgan fingerprint density at radius 1 is 1.65 bits per heavy atom. The van der Waals surface area contributed by atoms with Crippen molar-refractivity contribution in [3.63, 3.8) is 0 Å². The molecule has 0 aromatic carbocycles. The summed E-state index contributed by atoms with van der Waals surface area (Å²) in [5.74, 6) is 0.493. The molecular weight excluding hydrogens is 220 g/mol. The lowest BCUT2D eigenvalue weighted by Gasteiger charge is -2.17. The second kappa shape index (κ2) is 4.67. The number of pyridine rings is 1. The van der Waals surface area contributed by atoms with Crippen LogP contribution in [0.1, 0.15) is 12.0 Å². The molecule has 0 bridgehead atoms. The van der Waals surface area contributed by atoms with Crippen LogP contribution in [0.2, 0.25) is 0 Å². The molecule has 2 heterocycles. The first-order valence-corrected chi connectivity index (χ1v) is 5.65. The van der Waals surface area contributed by atoms with E-state index >= 15 is 0 Å². The van der Waals surface area contributed by atoms with Gasteiger partial charge in [-0.15, -0.1) is 0 Å².